The first-order chi connectivity index (χ1) is 6.74. The van der Waals surface area contributed by atoms with Crippen molar-refractivity contribution in [1.82, 2.24) is 4.98 Å². The molecule has 0 amide bonds. The van der Waals surface area contributed by atoms with Gasteiger partial charge in [-0.05, 0) is 23.4 Å². The van der Waals surface area contributed by atoms with E-state index in [4.69, 9.17) is 11.5 Å². The van der Waals surface area contributed by atoms with E-state index in [1.165, 1.54) is 0 Å². The molecule has 0 spiro atoms. The van der Waals surface area contributed by atoms with Gasteiger partial charge in [-0.1, -0.05) is 18.2 Å². The molecule has 0 fully saturated rings. The molecule has 2 rings (SSSR count). The maximum Gasteiger partial charge on any atom is 0.131 e. The highest BCUT2D eigenvalue weighted by atomic mass is 14.8. The smallest absolute Gasteiger partial charge is 0.131 e. The number of anilines is 1. The molecule has 1 heterocycles. The number of nitrogens with two attached hydrogens (primary N) is 2. The van der Waals surface area contributed by atoms with Gasteiger partial charge in [0.15, 0.2) is 0 Å². The fourth-order valence-electron chi connectivity index (χ4n) is 1.70. The van der Waals surface area contributed by atoms with E-state index in [1.807, 2.05) is 25.1 Å². The second kappa shape index (κ2) is 3.27. The average molecular weight is 187 g/mol. The van der Waals surface area contributed by atoms with Gasteiger partial charge in [0.05, 0.1) is 0 Å². The molecule has 3 nitrogen and oxygen atoms in total. The molecule has 0 aliphatic carbocycles. The molecule has 0 saturated carbocycles. The van der Waals surface area contributed by atoms with Gasteiger partial charge in [0, 0.05) is 18.1 Å². The van der Waals surface area contributed by atoms with Gasteiger partial charge in [0.25, 0.3) is 0 Å². The topological polar surface area (TPSA) is 64.9 Å². The van der Waals surface area contributed by atoms with Crippen molar-refractivity contribution in [1.29, 1.82) is 0 Å². The van der Waals surface area contributed by atoms with Crippen molar-refractivity contribution in [3.05, 3.63) is 35.5 Å². The maximum absolute atomic E-state index is 5.83. The summed E-state index contributed by atoms with van der Waals surface area (Å²) in [6.07, 6.45) is 1.79. The monoisotopic (exact) mass is 187 g/mol. The Morgan fingerprint density at radius 1 is 1.36 bits per heavy atom. The van der Waals surface area contributed by atoms with E-state index in [2.05, 4.69) is 4.98 Å². The Morgan fingerprint density at radius 2 is 2.14 bits per heavy atom. The molecule has 72 valence electrons. The molecule has 0 unspecified atom stereocenters. The molecule has 0 radical (unpaired) electrons. The van der Waals surface area contributed by atoms with Crippen molar-refractivity contribution in [2.24, 2.45) is 5.73 Å². The molecule has 0 saturated heterocycles. The summed E-state index contributed by atoms with van der Waals surface area (Å²) in [4.78, 5) is 4.14. The number of benzene rings is 1. The van der Waals surface area contributed by atoms with E-state index in [-0.39, 0.29) is 0 Å². The van der Waals surface area contributed by atoms with E-state index in [9.17, 15) is 0 Å². The number of hydrogen-bond acceptors (Lipinski definition) is 3. The van der Waals surface area contributed by atoms with Gasteiger partial charge in [-0.3, -0.25) is 0 Å². The number of aromatic nitrogens is 1. The molecular weight excluding hydrogens is 174 g/mol. The Hall–Kier alpha value is -1.61. The zero-order chi connectivity index (χ0) is 10.1. The van der Waals surface area contributed by atoms with Crippen LogP contribution in [0.2, 0.25) is 0 Å². The molecule has 2 aromatic rings. The Balaban J connectivity index is 2.92. The number of pyridine rings is 1. The van der Waals surface area contributed by atoms with Crippen LogP contribution < -0.4 is 11.5 Å². The standard InChI is InChI=1S/C11H13N3/c1-7-6-14-11(13)10-8(5-12)3-2-4-9(7)10/h2-4,6H,5,12H2,1H3,(H2,13,14). The van der Waals surface area contributed by atoms with Gasteiger partial charge in [-0.15, -0.1) is 0 Å². The number of nitrogens with zero attached hydrogens (tertiary/aromatic N) is 1. The van der Waals surface area contributed by atoms with Crippen LogP contribution in [-0.4, -0.2) is 4.98 Å². The molecule has 0 aliphatic heterocycles. The minimum atomic E-state index is 0.493. The Morgan fingerprint density at radius 3 is 2.86 bits per heavy atom. The SMILES string of the molecule is Cc1cnc(N)c2c(CN)cccc12. The maximum atomic E-state index is 5.83. The fourth-order valence-corrected chi connectivity index (χ4v) is 1.70. The normalized spacial score (nSPS) is 10.7. The van der Waals surface area contributed by atoms with Gasteiger partial charge in [0.1, 0.15) is 5.82 Å². The number of hydrogen-bond donors (Lipinski definition) is 2. The van der Waals surface area contributed by atoms with E-state index in [1.54, 1.807) is 6.20 Å². The van der Waals surface area contributed by atoms with Crippen molar-refractivity contribution < 1.29 is 0 Å². The lowest BCUT2D eigenvalue weighted by atomic mass is 10.0. The Kier molecular flexibility index (Phi) is 2.09. The van der Waals surface area contributed by atoms with Crippen molar-refractivity contribution in [3.63, 3.8) is 0 Å². The average Bonchev–Trinajstić information content (AvgIpc) is 2.23. The zero-order valence-electron chi connectivity index (χ0n) is 8.12. The molecule has 0 atom stereocenters. The predicted molar refractivity (Wildman–Crippen MR) is 58.8 cm³/mol. The largest absolute Gasteiger partial charge is 0.383 e. The summed E-state index contributed by atoms with van der Waals surface area (Å²) in [5.74, 6) is 0.562. The summed E-state index contributed by atoms with van der Waals surface area (Å²) in [5, 5.41) is 2.13. The van der Waals surface area contributed by atoms with E-state index >= 15 is 0 Å². The van der Waals surface area contributed by atoms with Crippen LogP contribution in [0.15, 0.2) is 24.4 Å². The molecule has 14 heavy (non-hydrogen) atoms. The number of aryl methyl sites for hydroxylation is 1. The zero-order valence-corrected chi connectivity index (χ0v) is 8.12. The molecule has 0 aliphatic rings. The van der Waals surface area contributed by atoms with Crippen LogP contribution in [0.1, 0.15) is 11.1 Å². The van der Waals surface area contributed by atoms with Crippen LogP contribution in [0.4, 0.5) is 5.82 Å². The van der Waals surface area contributed by atoms with Crippen molar-refractivity contribution >= 4 is 16.6 Å². The highest BCUT2D eigenvalue weighted by Gasteiger charge is 2.05. The lowest BCUT2D eigenvalue weighted by Crippen LogP contribution is -2.01. The number of fused-ring (bicyclic) bond motifs is 1. The molecule has 1 aromatic heterocycles. The third kappa shape index (κ3) is 1.22. The summed E-state index contributed by atoms with van der Waals surface area (Å²) in [5.41, 5.74) is 13.7. The first-order valence-electron chi connectivity index (χ1n) is 4.56. The summed E-state index contributed by atoms with van der Waals surface area (Å²) >= 11 is 0. The predicted octanol–water partition coefficient (Wildman–Crippen LogP) is 1.58. The van der Waals surface area contributed by atoms with Gasteiger partial charge < -0.3 is 11.5 Å². The van der Waals surface area contributed by atoms with Crippen molar-refractivity contribution in [2.45, 2.75) is 13.5 Å². The fraction of sp³-hybridized carbons (Fsp3) is 0.182. The van der Waals surface area contributed by atoms with Crippen LogP contribution in [0, 0.1) is 6.92 Å². The molecular formula is C11H13N3. The third-order valence-electron chi connectivity index (χ3n) is 2.45. The van der Waals surface area contributed by atoms with Crippen LogP contribution in [0.3, 0.4) is 0 Å². The summed E-state index contributed by atoms with van der Waals surface area (Å²) in [6, 6.07) is 6.03. The molecule has 3 heteroatoms. The van der Waals surface area contributed by atoms with Crippen LogP contribution in [0.5, 0.6) is 0 Å². The minimum Gasteiger partial charge on any atom is -0.383 e. The van der Waals surface area contributed by atoms with Crippen LogP contribution in [0.25, 0.3) is 10.8 Å². The summed E-state index contributed by atoms with van der Waals surface area (Å²) in [6.45, 7) is 2.52. The van der Waals surface area contributed by atoms with Gasteiger partial charge in [0.2, 0.25) is 0 Å². The quantitative estimate of drug-likeness (QED) is 0.712. The molecule has 0 bridgehead atoms. The molecule has 4 N–H and O–H groups in total. The molecule has 1 aromatic carbocycles. The second-order valence-electron chi connectivity index (χ2n) is 3.37. The van der Waals surface area contributed by atoms with Crippen LogP contribution >= 0.6 is 0 Å². The first kappa shape index (κ1) is 8.97. The van der Waals surface area contributed by atoms with E-state index < -0.39 is 0 Å². The third-order valence-corrected chi connectivity index (χ3v) is 2.45. The Labute approximate surface area is 82.7 Å². The summed E-state index contributed by atoms with van der Waals surface area (Å²) < 4.78 is 0. The minimum absolute atomic E-state index is 0.493. The number of nitrogen functional groups attached to an aromatic ring is 1. The van der Waals surface area contributed by atoms with Gasteiger partial charge >= 0.3 is 0 Å². The summed E-state index contributed by atoms with van der Waals surface area (Å²) in [7, 11) is 0. The lowest BCUT2D eigenvalue weighted by Gasteiger charge is -2.08. The van der Waals surface area contributed by atoms with E-state index in [0.29, 0.717) is 12.4 Å². The van der Waals surface area contributed by atoms with Crippen LogP contribution in [-0.2, 0) is 6.54 Å². The Bertz CT molecular complexity index is 477. The van der Waals surface area contributed by atoms with E-state index in [0.717, 1.165) is 21.9 Å². The highest BCUT2D eigenvalue weighted by molar-refractivity contribution is 5.95. The van der Waals surface area contributed by atoms with Gasteiger partial charge in [-0.25, -0.2) is 4.98 Å². The first-order valence-corrected chi connectivity index (χ1v) is 4.56. The van der Waals surface area contributed by atoms with Crippen molar-refractivity contribution in [3.8, 4) is 0 Å². The van der Waals surface area contributed by atoms with Gasteiger partial charge in [-0.2, -0.15) is 0 Å². The number of rotatable bonds is 1. The highest BCUT2D eigenvalue weighted by Crippen LogP contribution is 2.25. The lowest BCUT2D eigenvalue weighted by molar-refractivity contribution is 1.08. The second-order valence-corrected chi connectivity index (χ2v) is 3.37. The van der Waals surface area contributed by atoms with Crippen molar-refractivity contribution in [2.75, 3.05) is 5.73 Å².